The number of likely N-dealkylation sites (tertiary alicyclic amines) is 1. The average molecular weight is 248 g/mol. The molecule has 2 atom stereocenters. The minimum atomic E-state index is -0.185. The van der Waals surface area contributed by atoms with Crippen molar-refractivity contribution in [2.45, 2.75) is 39.5 Å². The van der Waals surface area contributed by atoms with Crippen molar-refractivity contribution in [3.05, 3.63) is 34.9 Å². The zero-order valence-corrected chi connectivity index (χ0v) is 11.4. The summed E-state index contributed by atoms with van der Waals surface area (Å²) in [6, 6.07) is 6.48. The molecule has 0 aromatic heterocycles. The lowest BCUT2D eigenvalue weighted by Crippen LogP contribution is -2.24. The second kappa shape index (κ2) is 5.83. The fourth-order valence-electron chi connectivity index (χ4n) is 2.70. The van der Waals surface area contributed by atoms with Gasteiger partial charge in [0.15, 0.2) is 0 Å². The molecule has 3 nitrogen and oxygen atoms in total. The molecule has 0 aliphatic carbocycles. The number of nitrogens with zero attached hydrogens (tertiary/aromatic N) is 1. The Labute approximate surface area is 110 Å². The van der Waals surface area contributed by atoms with E-state index < -0.39 is 0 Å². The highest BCUT2D eigenvalue weighted by molar-refractivity contribution is 5.31. The van der Waals surface area contributed by atoms with Gasteiger partial charge < -0.3 is 10.8 Å². The second-order valence-corrected chi connectivity index (χ2v) is 5.49. The third-order valence-electron chi connectivity index (χ3n) is 4.03. The van der Waals surface area contributed by atoms with Gasteiger partial charge in [-0.05, 0) is 49.4 Å². The van der Waals surface area contributed by atoms with Gasteiger partial charge in [0.25, 0.3) is 0 Å². The maximum atomic E-state index is 9.62. The maximum absolute atomic E-state index is 9.62. The molecule has 1 aromatic rings. The lowest BCUT2D eigenvalue weighted by Gasteiger charge is -2.19. The number of aryl methyl sites for hydroxylation is 1. The highest BCUT2D eigenvalue weighted by Gasteiger charge is 2.25. The quantitative estimate of drug-likeness (QED) is 0.852. The lowest BCUT2D eigenvalue weighted by molar-refractivity contribution is 0.127. The summed E-state index contributed by atoms with van der Waals surface area (Å²) in [6.07, 6.45) is 0.924. The number of aliphatic hydroxyl groups is 1. The van der Waals surface area contributed by atoms with Crippen molar-refractivity contribution in [2.24, 2.45) is 11.7 Å². The average Bonchev–Trinajstić information content (AvgIpc) is 2.80. The molecule has 3 N–H and O–H groups in total. The number of nitrogens with two attached hydrogens (primary N) is 1. The third-order valence-corrected chi connectivity index (χ3v) is 4.03. The molecule has 1 saturated heterocycles. The minimum absolute atomic E-state index is 0.185. The monoisotopic (exact) mass is 248 g/mol. The molecule has 3 heteroatoms. The molecule has 0 radical (unpaired) electrons. The Morgan fingerprint density at radius 2 is 2.28 bits per heavy atom. The van der Waals surface area contributed by atoms with Crippen molar-refractivity contribution in [1.29, 1.82) is 0 Å². The van der Waals surface area contributed by atoms with Crippen LogP contribution in [0.2, 0.25) is 0 Å². The predicted octanol–water partition coefficient (Wildman–Crippen LogP) is 1.66. The van der Waals surface area contributed by atoms with Crippen LogP contribution in [0.3, 0.4) is 0 Å². The van der Waals surface area contributed by atoms with Crippen LogP contribution < -0.4 is 5.73 Å². The van der Waals surface area contributed by atoms with Gasteiger partial charge in [0.05, 0.1) is 6.10 Å². The SMILES string of the molecule is Cc1cc(CN)ccc1CN1CCC(C(C)O)C1. The Hall–Kier alpha value is -0.900. The van der Waals surface area contributed by atoms with Gasteiger partial charge in [0.1, 0.15) is 0 Å². The number of rotatable bonds is 4. The molecule has 1 aliphatic heterocycles. The third kappa shape index (κ3) is 3.10. The molecule has 1 heterocycles. The van der Waals surface area contributed by atoms with E-state index in [0.29, 0.717) is 12.5 Å². The summed E-state index contributed by atoms with van der Waals surface area (Å²) >= 11 is 0. The first kappa shape index (κ1) is 13.5. The fourth-order valence-corrected chi connectivity index (χ4v) is 2.70. The van der Waals surface area contributed by atoms with Gasteiger partial charge >= 0.3 is 0 Å². The highest BCUT2D eigenvalue weighted by atomic mass is 16.3. The van der Waals surface area contributed by atoms with Crippen molar-refractivity contribution in [3.63, 3.8) is 0 Å². The zero-order chi connectivity index (χ0) is 13.1. The largest absolute Gasteiger partial charge is 0.393 e. The summed E-state index contributed by atoms with van der Waals surface area (Å²) < 4.78 is 0. The number of aliphatic hydroxyl groups excluding tert-OH is 1. The van der Waals surface area contributed by atoms with Crippen LogP contribution in [0.5, 0.6) is 0 Å². The van der Waals surface area contributed by atoms with Gasteiger partial charge in [-0.15, -0.1) is 0 Å². The summed E-state index contributed by atoms with van der Waals surface area (Å²) in [5.74, 6) is 0.439. The minimum Gasteiger partial charge on any atom is -0.393 e. The van der Waals surface area contributed by atoms with Gasteiger partial charge in [0.2, 0.25) is 0 Å². The van der Waals surface area contributed by atoms with Crippen LogP contribution in [-0.4, -0.2) is 29.2 Å². The normalized spacial score (nSPS) is 22.3. The summed E-state index contributed by atoms with van der Waals surface area (Å²) in [5.41, 5.74) is 9.53. The maximum Gasteiger partial charge on any atom is 0.0552 e. The molecule has 1 fully saturated rings. The predicted molar refractivity (Wildman–Crippen MR) is 74.1 cm³/mol. The van der Waals surface area contributed by atoms with E-state index in [4.69, 9.17) is 5.73 Å². The van der Waals surface area contributed by atoms with Gasteiger partial charge in [0, 0.05) is 19.6 Å². The van der Waals surface area contributed by atoms with Crippen molar-refractivity contribution in [3.8, 4) is 0 Å². The van der Waals surface area contributed by atoms with E-state index in [0.717, 1.165) is 26.1 Å². The van der Waals surface area contributed by atoms with E-state index in [2.05, 4.69) is 30.0 Å². The Morgan fingerprint density at radius 3 is 2.83 bits per heavy atom. The van der Waals surface area contributed by atoms with Crippen LogP contribution in [0, 0.1) is 12.8 Å². The van der Waals surface area contributed by atoms with Gasteiger partial charge in [-0.2, -0.15) is 0 Å². The molecule has 2 rings (SSSR count). The number of benzene rings is 1. The molecule has 0 saturated carbocycles. The van der Waals surface area contributed by atoms with E-state index >= 15 is 0 Å². The number of hydrogen-bond acceptors (Lipinski definition) is 3. The zero-order valence-electron chi connectivity index (χ0n) is 11.4. The van der Waals surface area contributed by atoms with Crippen LogP contribution in [0.4, 0.5) is 0 Å². The summed E-state index contributed by atoms with van der Waals surface area (Å²) in [7, 11) is 0. The van der Waals surface area contributed by atoms with Crippen molar-refractivity contribution in [1.82, 2.24) is 4.90 Å². The van der Waals surface area contributed by atoms with E-state index in [1.165, 1.54) is 16.7 Å². The van der Waals surface area contributed by atoms with Crippen LogP contribution >= 0.6 is 0 Å². The molecular weight excluding hydrogens is 224 g/mol. The van der Waals surface area contributed by atoms with Crippen molar-refractivity contribution >= 4 is 0 Å². The smallest absolute Gasteiger partial charge is 0.0552 e. The Morgan fingerprint density at radius 1 is 1.50 bits per heavy atom. The highest BCUT2D eigenvalue weighted by Crippen LogP contribution is 2.22. The molecular formula is C15H24N2O. The molecule has 0 amide bonds. The Bertz CT molecular complexity index is 403. The topological polar surface area (TPSA) is 49.5 Å². The van der Waals surface area contributed by atoms with E-state index in [-0.39, 0.29) is 6.10 Å². The van der Waals surface area contributed by atoms with Crippen molar-refractivity contribution in [2.75, 3.05) is 13.1 Å². The molecule has 100 valence electrons. The molecule has 18 heavy (non-hydrogen) atoms. The van der Waals surface area contributed by atoms with Crippen LogP contribution in [0.15, 0.2) is 18.2 Å². The first-order chi connectivity index (χ1) is 8.60. The summed E-state index contributed by atoms with van der Waals surface area (Å²) in [5, 5.41) is 9.62. The fraction of sp³-hybridized carbons (Fsp3) is 0.600. The number of hydrogen-bond donors (Lipinski definition) is 2. The standard InChI is InChI=1S/C15H24N2O/c1-11-7-13(8-16)3-4-14(11)9-17-6-5-15(10-17)12(2)18/h3-4,7,12,15,18H,5-6,8-10,16H2,1-2H3. The molecule has 0 spiro atoms. The van der Waals surface area contributed by atoms with E-state index in [9.17, 15) is 5.11 Å². The van der Waals surface area contributed by atoms with Crippen molar-refractivity contribution < 1.29 is 5.11 Å². The van der Waals surface area contributed by atoms with Crippen LogP contribution in [0.1, 0.15) is 30.0 Å². The van der Waals surface area contributed by atoms with Crippen LogP contribution in [0.25, 0.3) is 0 Å². The molecule has 2 unspecified atom stereocenters. The summed E-state index contributed by atoms with van der Waals surface area (Å²) in [4.78, 5) is 2.43. The molecule has 1 aromatic carbocycles. The Balaban J connectivity index is 1.98. The first-order valence-electron chi connectivity index (χ1n) is 6.79. The summed E-state index contributed by atoms with van der Waals surface area (Å²) in [6.45, 7) is 7.74. The Kier molecular flexibility index (Phi) is 4.38. The van der Waals surface area contributed by atoms with E-state index in [1.807, 2.05) is 6.92 Å². The first-order valence-corrected chi connectivity index (χ1v) is 6.79. The molecule has 0 bridgehead atoms. The van der Waals surface area contributed by atoms with Gasteiger partial charge in [-0.3, -0.25) is 4.90 Å². The molecule has 1 aliphatic rings. The van der Waals surface area contributed by atoms with Gasteiger partial charge in [-0.25, -0.2) is 0 Å². The van der Waals surface area contributed by atoms with Gasteiger partial charge in [-0.1, -0.05) is 18.2 Å². The van der Waals surface area contributed by atoms with Crippen LogP contribution in [-0.2, 0) is 13.1 Å². The lowest BCUT2D eigenvalue weighted by atomic mass is 10.0. The second-order valence-electron chi connectivity index (χ2n) is 5.49. The van der Waals surface area contributed by atoms with E-state index in [1.54, 1.807) is 0 Å².